The molecule has 0 aromatic heterocycles. The summed E-state index contributed by atoms with van der Waals surface area (Å²) >= 11 is 5.81. The summed E-state index contributed by atoms with van der Waals surface area (Å²) in [4.78, 5) is 24.1. The van der Waals surface area contributed by atoms with Crippen molar-refractivity contribution in [2.75, 3.05) is 16.0 Å². The molecule has 0 aliphatic rings. The molecule has 0 aliphatic heterocycles. The predicted octanol–water partition coefficient (Wildman–Crippen LogP) is 4.30. The van der Waals surface area contributed by atoms with Crippen molar-refractivity contribution >= 4 is 40.6 Å². The summed E-state index contributed by atoms with van der Waals surface area (Å²) in [5.74, 6) is -0.251. The van der Waals surface area contributed by atoms with Crippen molar-refractivity contribution in [1.82, 2.24) is 0 Å². The van der Waals surface area contributed by atoms with Crippen LogP contribution in [-0.4, -0.2) is 18.0 Å². The third-order valence-electron chi connectivity index (χ3n) is 3.73. The number of hydrogen-bond donors (Lipinski definition) is 4. The van der Waals surface area contributed by atoms with Crippen molar-refractivity contribution < 1.29 is 9.59 Å². The number of benzene rings is 2. The minimum absolute atomic E-state index is 0.251. The maximum absolute atomic E-state index is 12.1. The van der Waals surface area contributed by atoms with Crippen LogP contribution >= 0.6 is 11.6 Å². The molecule has 0 unspecified atom stereocenters. The number of urea groups is 1. The Morgan fingerprint density at radius 2 is 1.23 bits per heavy atom. The molecule has 0 spiro atoms. The fraction of sp³-hybridized carbons (Fsp3) is 0.263. The van der Waals surface area contributed by atoms with Crippen LogP contribution in [0.4, 0.5) is 21.9 Å². The van der Waals surface area contributed by atoms with Crippen molar-refractivity contribution in [3.8, 4) is 0 Å². The lowest BCUT2D eigenvalue weighted by Crippen LogP contribution is -2.45. The van der Waals surface area contributed by atoms with Crippen LogP contribution in [0.3, 0.4) is 0 Å². The van der Waals surface area contributed by atoms with Crippen molar-refractivity contribution in [3.05, 3.63) is 53.6 Å². The monoisotopic (exact) mass is 374 g/mol. The third kappa shape index (κ3) is 5.75. The second kappa shape index (κ2) is 8.21. The highest BCUT2D eigenvalue weighted by Crippen LogP contribution is 2.20. The number of nitrogens with two attached hydrogens (primary N) is 1. The molecule has 26 heavy (non-hydrogen) atoms. The predicted molar refractivity (Wildman–Crippen MR) is 107 cm³/mol. The molecule has 138 valence electrons. The van der Waals surface area contributed by atoms with E-state index in [4.69, 9.17) is 17.3 Å². The molecule has 3 amide bonds. The Labute approximate surface area is 158 Å². The van der Waals surface area contributed by atoms with E-state index < -0.39 is 6.04 Å². The molecule has 6 nitrogen and oxygen atoms in total. The minimum Gasteiger partial charge on any atom is -0.325 e. The minimum atomic E-state index is -0.620. The highest BCUT2D eigenvalue weighted by molar-refractivity contribution is 6.30. The number of rotatable bonds is 4. The van der Waals surface area contributed by atoms with Crippen LogP contribution in [0.5, 0.6) is 0 Å². The zero-order valence-corrected chi connectivity index (χ0v) is 15.7. The van der Waals surface area contributed by atoms with Gasteiger partial charge in [-0.05, 0) is 53.9 Å². The van der Waals surface area contributed by atoms with Crippen LogP contribution in [-0.2, 0) is 4.79 Å². The van der Waals surface area contributed by atoms with Gasteiger partial charge in [0.15, 0.2) is 0 Å². The lowest BCUT2D eigenvalue weighted by atomic mass is 9.87. The third-order valence-corrected chi connectivity index (χ3v) is 3.98. The van der Waals surface area contributed by atoms with Crippen LogP contribution in [0.15, 0.2) is 48.5 Å². The van der Waals surface area contributed by atoms with E-state index in [1.165, 1.54) is 0 Å². The summed E-state index contributed by atoms with van der Waals surface area (Å²) in [5, 5.41) is 8.78. The molecule has 5 N–H and O–H groups in total. The van der Waals surface area contributed by atoms with Gasteiger partial charge in [-0.2, -0.15) is 0 Å². The number of carbonyl (C=O) groups is 2. The number of halogens is 1. The maximum Gasteiger partial charge on any atom is 0.323 e. The quantitative estimate of drug-likeness (QED) is 0.642. The summed E-state index contributed by atoms with van der Waals surface area (Å²) in [7, 11) is 0. The number of carbonyl (C=O) groups excluding carboxylic acids is 2. The molecule has 0 radical (unpaired) electrons. The van der Waals surface area contributed by atoms with Gasteiger partial charge in [0, 0.05) is 22.1 Å². The number of anilines is 3. The summed E-state index contributed by atoms with van der Waals surface area (Å²) < 4.78 is 0. The van der Waals surface area contributed by atoms with Crippen LogP contribution in [0.25, 0.3) is 0 Å². The van der Waals surface area contributed by atoms with Gasteiger partial charge in [-0.3, -0.25) is 4.79 Å². The normalized spacial score (nSPS) is 12.2. The van der Waals surface area contributed by atoms with Gasteiger partial charge in [0.05, 0.1) is 6.04 Å². The molecule has 0 heterocycles. The van der Waals surface area contributed by atoms with Gasteiger partial charge in [-0.1, -0.05) is 32.4 Å². The number of amides is 3. The zero-order chi connectivity index (χ0) is 19.3. The van der Waals surface area contributed by atoms with Gasteiger partial charge in [0.1, 0.15) is 0 Å². The van der Waals surface area contributed by atoms with Crippen LogP contribution in [0.1, 0.15) is 20.8 Å². The van der Waals surface area contributed by atoms with E-state index in [0.717, 1.165) is 0 Å². The average Bonchev–Trinajstić information content (AvgIpc) is 2.57. The molecule has 2 rings (SSSR count). The second-order valence-corrected chi connectivity index (χ2v) is 7.43. The average molecular weight is 375 g/mol. The van der Waals surface area contributed by atoms with Gasteiger partial charge in [0.25, 0.3) is 0 Å². The molecule has 7 heteroatoms. The fourth-order valence-corrected chi connectivity index (χ4v) is 2.20. The Morgan fingerprint density at radius 1 is 0.846 bits per heavy atom. The molecular formula is C19H23ClN4O2. The Balaban J connectivity index is 1.91. The van der Waals surface area contributed by atoms with Gasteiger partial charge < -0.3 is 21.7 Å². The van der Waals surface area contributed by atoms with E-state index in [1.54, 1.807) is 48.5 Å². The standard InChI is InChI=1S/C19H23ClN4O2/c1-19(2,3)16(21)17(25)22-13-8-10-15(11-9-13)24-18(26)23-14-6-4-12(20)5-7-14/h4-11,16H,21H2,1-3H3,(H,22,25)(H2,23,24,26)/t16-/m1/s1. The van der Waals surface area contributed by atoms with Crippen molar-refractivity contribution in [1.29, 1.82) is 0 Å². The lowest BCUT2D eigenvalue weighted by Gasteiger charge is -2.25. The molecule has 0 bridgehead atoms. The molecule has 0 saturated heterocycles. The van der Waals surface area contributed by atoms with Crippen molar-refractivity contribution in [2.45, 2.75) is 26.8 Å². The highest BCUT2D eigenvalue weighted by atomic mass is 35.5. The molecule has 2 aromatic rings. The Morgan fingerprint density at radius 3 is 1.65 bits per heavy atom. The molecule has 0 fully saturated rings. The molecule has 2 aromatic carbocycles. The molecule has 0 saturated carbocycles. The first kappa shape index (κ1) is 19.8. The van der Waals surface area contributed by atoms with Crippen molar-refractivity contribution in [3.63, 3.8) is 0 Å². The summed E-state index contributed by atoms with van der Waals surface area (Å²) in [6.07, 6.45) is 0. The highest BCUT2D eigenvalue weighted by Gasteiger charge is 2.27. The van der Waals surface area contributed by atoms with Crippen LogP contribution in [0.2, 0.25) is 5.02 Å². The van der Waals surface area contributed by atoms with Gasteiger partial charge >= 0.3 is 6.03 Å². The topological polar surface area (TPSA) is 96.2 Å². The van der Waals surface area contributed by atoms with Gasteiger partial charge in [-0.15, -0.1) is 0 Å². The zero-order valence-electron chi connectivity index (χ0n) is 15.0. The second-order valence-electron chi connectivity index (χ2n) is 7.00. The number of hydrogen-bond acceptors (Lipinski definition) is 3. The van der Waals surface area contributed by atoms with Crippen LogP contribution < -0.4 is 21.7 Å². The van der Waals surface area contributed by atoms with E-state index in [0.29, 0.717) is 22.1 Å². The fourth-order valence-electron chi connectivity index (χ4n) is 2.08. The van der Waals surface area contributed by atoms with E-state index in [1.807, 2.05) is 20.8 Å². The first-order chi connectivity index (χ1) is 12.1. The smallest absolute Gasteiger partial charge is 0.323 e. The first-order valence-corrected chi connectivity index (χ1v) is 8.53. The first-order valence-electron chi connectivity index (χ1n) is 8.15. The Hall–Kier alpha value is -2.57. The van der Waals surface area contributed by atoms with E-state index in [2.05, 4.69) is 16.0 Å². The maximum atomic E-state index is 12.1. The summed E-state index contributed by atoms with van der Waals surface area (Å²) in [6.45, 7) is 5.72. The Bertz CT molecular complexity index is 768. The van der Waals surface area contributed by atoms with Gasteiger partial charge in [0.2, 0.25) is 5.91 Å². The van der Waals surface area contributed by atoms with Crippen LogP contribution in [0, 0.1) is 5.41 Å². The number of nitrogens with one attached hydrogen (secondary N) is 3. The molecule has 1 atom stereocenters. The lowest BCUT2D eigenvalue weighted by molar-refractivity contribution is -0.119. The molecular weight excluding hydrogens is 352 g/mol. The van der Waals surface area contributed by atoms with E-state index in [-0.39, 0.29) is 17.4 Å². The van der Waals surface area contributed by atoms with E-state index in [9.17, 15) is 9.59 Å². The van der Waals surface area contributed by atoms with Crippen molar-refractivity contribution in [2.24, 2.45) is 11.1 Å². The SMILES string of the molecule is CC(C)(C)[C@H](N)C(=O)Nc1ccc(NC(=O)Nc2ccc(Cl)cc2)cc1. The molecule has 0 aliphatic carbocycles. The summed E-state index contributed by atoms with van der Waals surface area (Å²) in [6, 6.07) is 12.6. The van der Waals surface area contributed by atoms with E-state index >= 15 is 0 Å². The van der Waals surface area contributed by atoms with Gasteiger partial charge in [-0.25, -0.2) is 4.79 Å². The summed E-state index contributed by atoms with van der Waals surface area (Å²) in [5.41, 5.74) is 7.44. The largest absolute Gasteiger partial charge is 0.325 e. The Kier molecular flexibility index (Phi) is 6.23.